The summed E-state index contributed by atoms with van der Waals surface area (Å²) < 4.78 is 28.8. The highest BCUT2D eigenvalue weighted by molar-refractivity contribution is 4.89. The molecule has 1 heterocycles. The van der Waals surface area contributed by atoms with E-state index >= 15 is 0 Å². The number of ether oxygens (including phenoxy) is 3. The first-order valence-corrected chi connectivity index (χ1v) is 4.12. The second-order valence-electron chi connectivity index (χ2n) is 2.97. The van der Waals surface area contributed by atoms with Gasteiger partial charge in [0.2, 0.25) is 0 Å². The van der Waals surface area contributed by atoms with Gasteiger partial charge in [0.05, 0.1) is 9.30 Å². The molecule has 14 heavy (non-hydrogen) atoms. The van der Waals surface area contributed by atoms with Crippen LogP contribution in [0.25, 0.3) is 0 Å². The molecule has 0 saturated carbocycles. The highest BCUT2D eigenvalue weighted by Gasteiger charge is 2.44. The first-order chi connectivity index (χ1) is 7.32. The Morgan fingerprint density at radius 3 is 2.36 bits per heavy atom. The van der Waals surface area contributed by atoms with Gasteiger partial charge in [0, 0.05) is 14.2 Å². The molecule has 0 aromatic carbocycles. The van der Waals surface area contributed by atoms with E-state index in [1.54, 1.807) is 0 Å². The standard InChI is InChI=1S/C8H16O6/c1-12-7-4(3-9)14-8(13-2)6(11)5(7)10/h4-11H,3H2,1-2H3/t4-,5-,6-,7-,8-/m1/s1/i3D2. The number of rotatable bonds is 3. The summed E-state index contributed by atoms with van der Waals surface area (Å²) in [7, 11) is 2.45. The number of hydrogen-bond acceptors (Lipinski definition) is 6. The molecule has 1 aliphatic rings. The third-order valence-electron chi connectivity index (χ3n) is 2.18. The first-order valence-electron chi connectivity index (χ1n) is 5.12. The van der Waals surface area contributed by atoms with Crippen molar-refractivity contribution in [1.29, 1.82) is 0 Å². The molecule has 6 nitrogen and oxygen atoms in total. The smallest absolute Gasteiger partial charge is 0.186 e. The summed E-state index contributed by atoms with van der Waals surface area (Å²) >= 11 is 0. The van der Waals surface area contributed by atoms with Crippen LogP contribution in [-0.4, -0.2) is 66.8 Å². The molecule has 0 aromatic rings. The average molecular weight is 210 g/mol. The fourth-order valence-corrected chi connectivity index (χ4v) is 1.40. The largest absolute Gasteiger partial charge is 0.394 e. The number of methoxy groups -OCH3 is 2. The van der Waals surface area contributed by atoms with Crippen LogP contribution in [0.1, 0.15) is 2.74 Å². The van der Waals surface area contributed by atoms with Gasteiger partial charge in [-0.15, -0.1) is 0 Å². The zero-order chi connectivity index (χ0) is 12.5. The Bertz CT molecular complexity index is 233. The molecule has 0 spiro atoms. The van der Waals surface area contributed by atoms with Gasteiger partial charge in [-0.1, -0.05) is 0 Å². The summed E-state index contributed by atoms with van der Waals surface area (Å²) in [5.41, 5.74) is 0. The molecule has 0 unspecified atom stereocenters. The molecule has 0 aromatic heterocycles. The Kier molecular flexibility index (Phi) is 3.23. The van der Waals surface area contributed by atoms with E-state index in [9.17, 15) is 15.3 Å². The van der Waals surface area contributed by atoms with Gasteiger partial charge in [0.15, 0.2) is 6.29 Å². The number of aliphatic hydroxyl groups excluding tert-OH is 2. The van der Waals surface area contributed by atoms with E-state index in [4.69, 9.17) is 17.0 Å². The lowest BCUT2D eigenvalue weighted by molar-refractivity contribution is -0.298. The van der Waals surface area contributed by atoms with Crippen LogP contribution in [0.4, 0.5) is 0 Å². The molecule has 0 amide bonds. The molecular formula is C8H16O6. The number of hydrogen-bond donors (Lipinski definition) is 3. The van der Waals surface area contributed by atoms with Crippen molar-refractivity contribution in [3.05, 3.63) is 0 Å². The van der Waals surface area contributed by atoms with Crippen LogP contribution in [0, 0.1) is 0 Å². The van der Waals surface area contributed by atoms with E-state index in [0.29, 0.717) is 0 Å². The summed E-state index contributed by atoms with van der Waals surface area (Å²) in [5.74, 6) is 0. The fraction of sp³-hybridized carbons (Fsp3) is 1.00. The second-order valence-corrected chi connectivity index (χ2v) is 2.97. The van der Waals surface area contributed by atoms with E-state index in [-0.39, 0.29) is 0 Å². The predicted octanol–water partition coefficient (Wildman–Crippen LogP) is -1.91. The normalized spacial score (nSPS) is 47.1. The second kappa shape index (κ2) is 5.01. The van der Waals surface area contributed by atoms with Crippen LogP contribution in [0.3, 0.4) is 0 Å². The van der Waals surface area contributed by atoms with Gasteiger partial charge in [-0.25, -0.2) is 0 Å². The van der Waals surface area contributed by atoms with Gasteiger partial charge in [-0.2, -0.15) is 0 Å². The van der Waals surface area contributed by atoms with Crippen molar-refractivity contribution < 1.29 is 32.3 Å². The van der Waals surface area contributed by atoms with Crippen molar-refractivity contribution in [3.63, 3.8) is 0 Å². The van der Waals surface area contributed by atoms with Crippen molar-refractivity contribution in [2.24, 2.45) is 0 Å². The lowest BCUT2D eigenvalue weighted by Crippen LogP contribution is -2.59. The molecule has 0 radical (unpaired) electrons. The third kappa shape index (κ3) is 2.05. The zero-order valence-corrected chi connectivity index (χ0v) is 7.95. The molecular weight excluding hydrogens is 192 g/mol. The minimum absolute atomic E-state index is 1.18. The molecule has 0 bridgehead atoms. The molecule has 1 saturated heterocycles. The van der Waals surface area contributed by atoms with Crippen molar-refractivity contribution in [2.45, 2.75) is 30.7 Å². The molecule has 3 N–H and O–H groups in total. The first kappa shape index (κ1) is 9.02. The maximum atomic E-state index is 9.66. The Morgan fingerprint density at radius 1 is 1.29 bits per heavy atom. The van der Waals surface area contributed by atoms with E-state index in [1.807, 2.05) is 0 Å². The van der Waals surface area contributed by atoms with Crippen LogP contribution in [-0.2, 0) is 14.2 Å². The maximum absolute atomic E-state index is 9.66. The van der Waals surface area contributed by atoms with Crippen molar-refractivity contribution in [3.8, 4) is 0 Å². The fourth-order valence-electron chi connectivity index (χ4n) is 1.40. The highest BCUT2D eigenvalue weighted by atomic mass is 16.7. The Balaban J connectivity index is 2.90. The molecule has 5 atom stereocenters. The lowest BCUT2D eigenvalue weighted by Gasteiger charge is -2.40. The van der Waals surface area contributed by atoms with E-state index < -0.39 is 37.3 Å². The third-order valence-corrected chi connectivity index (χ3v) is 2.18. The minimum Gasteiger partial charge on any atom is -0.394 e. The van der Waals surface area contributed by atoms with Crippen LogP contribution in [0.15, 0.2) is 0 Å². The zero-order valence-electron chi connectivity index (χ0n) is 9.95. The monoisotopic (exact) mass is 210 g/mol. The molecule has 6 heteroatoms. The maximum Gasteiger partial charge on any atom is 0.186 e. The van der Waals surface area contributed by atoms with Crippen molar-refractivity contribution in [1.82, 2.24) is 0 Å². The lowest BCUT2D eigenvalue weighted by atomic mass is 9.99. The van der Waals surface area contributed by atoms with Crippen LogP contribution in [0.2, 0.25) is 0 Å². The minimum atomic E-state index is -2.71. The predicted molar refractivity (Wildman–Crippen MR) is 45.6 cm³/mol. The summed E-state index contributed by atoms with van der Waals surface area (Å²) in [4.78, 5) is 0. The van der Waals surface area contributed by atoms with Gasteiger partial charge in [0.1, 0.15) is 24.4 Å². The Hall–Kier alpha value is -0.240. The van der Waals surface area contributed by atoms with E-state index in [2.05, 4.69) is 0 Å². The summed E-state index contributed by atoms with van der Waals surface area (Å²) in [6.45, 7) is -2.71. The molecule has 1 fully saturated rings. The van der Waals surface area contributed by atoms with Crippen LogP contribution < -0.4 is 0 Å². The van der Waals surface area contributed by atoms with Crippen molar-refractivity contribution >= 4 is 0 Å². The summed E-state index contributed by atoms with van der Waals surface area (Å²) in [5, 5.41) is 28.4. The Morgan fingerprint density at radius 2 is 1.93 bits per heavy atom. The summed E-state index contributed by atoms with van der Waals surface area (Å²) in [6.07, 6.45) is -6.61. The van der Waals surface area contributed by atoms with Gasteiger partial charge in [-0.05, 0) is 0 Å². The Labute approximate surface area is 84.8 Å². The number of aliphatic hydroxyl groups is 3. The molecule has 1 aliphatic heterocycles. The van der Waals surface area contributed by atoms with Gasteiger partial charge < -0.3 is 29.5 Å². The topological polar surface area (TPSA) is 88.4 Å². The van der Waals surface area contributed by atoms with Gasteiger partial charge in [0.25, 0.3) is 0 Å². The average Bonchev–Trinajstić information content (AvgIpc) is 2.20. The van der Waals surface area contributed by atoms with E-state index in [0.717, 1.165) is 0 Å². The molecule has 84 valence electrons. The molecule has 0 aliphatic carbocycles. The molecule has 1 rings (SSSR count). The van der Waals surface area contributed by atoms with Gasteiger partial charge in [-0.3, -0.25) is 0 Å². The van der Waals surface area contributed by atoms with Gasteiger partial charge >= 0.3 is 0 Å². The highest BCUT2D eigenvalue weighted by Crippen LogP contribution is 2.23. The van der Waals surface area contributed by atoms with E-state index in [1.165, 1.54) is 14.2 Å². The van der Waals surface area contributed by atoms with Crippen LogP contribution >= 0.6 is 0 Å². The quantitative estimate of drug-likeness (QED) is 0.503. The van der Waals surface area contributed by atoms with Crippen molar-refractivity contribution in [2.75, 3.05) is 20.8 Å². The SMILES string of the molecule is [2H]C([2H])(O)[C@H]1O[C@@H](OC)[C@H](O)[C@@H](O)[C@@H]1OC. The summed E-state index contributed by atoms with van der Waals surface area (Å²) in [6, 6.07) is 0. The van der Waals surface area contributed by atoms with Crippen LogP contribution in [0.5, 0.6) is 0 Å².